The second-order valence-corrected chi connectivity index (χ2v) is 7.80. The van der Waals surface area contributed by atoms with Crippen LogP contribution < -0.4 is 0 Å². The van der Waals surface area contributed by atoms with Gasteiger partial charge in [-0.05, 0) is 66.8 Å². The van der Waals surface area contributed by atoms with Gasteiger partial charge in [0.1, 0.15) is 0 Å². The molecule has 0 amide bonds. The first-order chi connectivity index (χ1) is 13.4. The van der Waals surface area contributed by atoms with Crippen molar-refractivity contribution in [3.8, 4) is 0 Å². The van der Waals surface area contributed by atoms with Crippen LogP contribution in [-0.4, -0.2) is 0 Å². The zero-order valence-corrected chi connectivity index (χ0v) is 15.7. The smallest absolute Gasteiger partial charge is 0.166 e. The highest BCUT2D eigenvalue weighted by atomic mass is 19.4. The van der Waals surface area contributed by atoms with Crippen molar-refractivity contribution in [1.82, 2.24) is 0 Å². The number of halogens is 6. The van der Waals surface area contributed by atoms with Crippen molar-refractivity contribution in [2.24, 2.45) is 0 Å². The maximum atomic E-state index is 13.2. The van der Waals surface area contributed by atoms with Crippen LogP contribution in [0, 0.1) is 0 Å². The first kappa shape index (κ1) is 19.8. The van der Waals surface area contributed by atoms with Gasteiger partial charge in [0.05, 0.1) is 11.1 Å². The highest BCUT2D eigenvalue weighted by Crippen LogP contribution is 2.49. The van der Waals surface area contributed by atoms with Crippen LogP contribution in [0.15, 0.2) is 47.5 Å². The molecule has 2 aliphatic rings. The van der Waals surface area contributed by atoms with E-state index in [-0.39, 0.29) is 11.8 Å². The molecule has 0 fully saturated rings. The van der Waals surface area contributed by atoms with E-state index in [0.29, 0.717) is 17.5 Å². The number of allylic oxidation sites excluding steroid dienone is 2. The Morgan fingerprint density at radius 2 is 1.03 bits per heavy atom. The van der Waals surface area contributed by atoms with E-state index in [1.165, 1.54) is 24.3 Å². The van der Waals surface area contributed by atoms with E-state index in [0.717, 1.165) is 34.4 Å². The predicted molar refractivity (Wildman–Crippen MR) is 100 cm³/mol. The molecule has 0 bridgehead atoms. The van der Waals surface area contributed by atoms with Gasteiger partial charge >= 0.3 is 12.4 Å². The Labute approximate surface area is 164 Å². The van der Waals surface area contributed by atoms with Crippen LogP contribution >= 0.6 is 0 Å². The van der Waals surface area contributed by atoms with Gasteiger partial charge < -0.3 is 0 Å². The summed E-state index contributed by atoms with van der Waals surface area (Å²) in [6.45, 7) is 3.72. The van der Waals surface area contributed by atoms with Crippen LogP contribution in [0.4, 0.5) is 26.3 Å². The molecule has 2 aromatic carbocycles. The molecule has 0 saturated carbocycles. The Bertz CT molecular complexity index is 953. The van der Waals surface area contributed by atoms with Crippen molar-refractivity contribution in [2.75, 3.05) is 0 Å². The minimum atomic E-state index is -4.44. The van der Waals surface area contributed by atoms with Gasteiger partial charge in [0.15, 0.2) is 0 Å². The van der Waals surface area contributed by atoms with Gasteiger partial charge in [-0.25, -0.2) is 0 Å². The lowest BCUT2D eigenvalue weighted by molar-refractivity contribution is -0.138. The predicted octanol–water partition coefficient (Wildman–Crippen LogP) is 7.82. The molecular formula is C23H18F6. The molecule has 0 aliphatic heterocycles. The first-order valence-corrected chi connectivity index (χ1v) is 9.24. The third kappa shape index (κ3) is 3.49. The number of alkyl halides is 6. The fraction of sp³-hybridized carbons (Fsp3) is 0.304. The van der Waals surface area contributed by atoms with Crippen molar-refractivity contribution in [3.63, 3.8) is 0 Å². The molecule has 0 heterocycles. The first-order valence-electron chi connectivity index (χ1n) is 9.24. The maximum absolute atomic E-state index is 13.2. The molecule has 152 valence electrons. The van der Waals surface area contributed by atoms with Crippen LogP contribution in [-0.2, 0) is 12.4 Å². The van der Waals surface area contributed by atoms with E-state index in [2.05, 4.69) is 0 Å². The number of benzene rings is 2. The molecule has 0 N–H and O–H groups in total. The SMILES string of the molecule is CC1=Cc2ccc(C(F)(F)F)cc2C1CC1C(C)=Cc2ccc(C(F)(F)F)cc21. The highest BCUT2D eigenvalue weighted by molar-refractivity contribution is 5.69. The molecule has 6 heteroatoms. The highest BCUT2D eigenvalue weighted by Gasteiger charge is 2.36. The zero-order chi connectivity index (χ0) is 21.1. The second kappa shape index (κ2) is 6.51. The number of fused-ring (bicyclic) bond motifs is 2. The summed E-state index contributed by atoms with van der Waals surface area (Å²) < 4.78 is 79.0. The molecule has 0 aromatic heterocycles. The van der Waals surface area contributed by atoms with Gasteiger partial charge in [-0.1, -0.05) is 35.4 Å². The summed E-state index contributed by atoms with van der Waals surface area (Å²) in [4.78, 5) is 0. The molecule has 4 rings (SSSR count). The molecule has 2 atom stereocenters. The molecule has 2 unspecified atom stereocenters. The lowest BCUT2D eigenvalue weighted by Crippen LogP contribution is -2.10. The van der Waals surface area contributed by atoms with E-state index < -0.39 is 23.5 Å². The second-order valence-electron chi connectivity index (χ2n) is 7.80. The minimum Gasteiger partial charge on any atom is -0.166 e. The number of rotatable bonds is 2. The van der Waals surface area contributed by atoms with E-state index in [1.54, 1.807) is 0 Å². The van der Waals surface area contributed by atoms with E-state index in [4.69, 9.17) is 0 Å². The summed E-state index contributed by atoms with van der Waals surface area (Å²) in [6.07, 6.45) is -4.71. The van der Waals surface area contributed by atoms with Gasteiger partial charge in [0.2, 0.25) is 0 Å². The van der Waals surface area contributed by atoms with Crippen molar-refractivity contribution >= 4 is 12.2 Å². The molecular weight excluding hydrogens is 390 g/mol. The van der Waals surface area contributed by atoms with Crippen molar-refractivity contribution in [3.05, 3.63) is 80.9 Å². The Morgan fingerprint density at radius 1 is 0.655 bits per heavy atom. The third-order valence-electron chi connectivity index (χ3n) is 5.92. The lowest BCUT2D eigenvalue weighted by atomic mass is 9.81. The van der Waals surface area contributed by atoms with Crippen LogP contribution in [0.3, 0.4) is 0 Å². The summed E-state index contributed by atoms with van der Waals surface area (Å²) in [5, 5.41) is 0. The normalized spacial score (nSPS) is 21.0. The van der Waals surface area contributed by atoms with Crippen molar-refractivity contribution < 1.29 is 26.3 Å². The van der Waals surface area contributed by atoms with Gasteiger partial charge in [-0.2, -0.15) is 26.3 Å². The topological polar surface area (TPSA) is 0 Å². The Hall–Kier alpha value is -2.50. The van der Waals surface area contributed by atoms with Gasteiger partial charge in [-0.15, -0.1) is 0 Å². The van der Waals surface area contributed by atoms with Crippen molar-refractivity contribution in [2.45, 2.75) is 44.5 Å². The van der Waals surface area contributed by atoms with Crippen molar-refractivity contribution in [1.29, 1.82) is 0 Å². The lowest BCUT2D eigenvalue weighted by Gasteiger charge is -2.23. The fourth-order valence-electron chi connectivity index (χ4n) is 4.41. The van der Waals surface area contributed by atoms with Crippen LogP contribution in [0.1, 0.15) is 65.5 Å². The molecule has 0 saturated heterocycles. The number of hydrogen-bond donors (Lipinski definition) is 0. The van der Waals surface area contributed by atoms with Gasteiger partial charge in [0, 0.05) is 11.8 Å². The zero-order valence-electron chi connectivity index (χ0n) is 15.7. The summed E-state index contributed by atoms with van der Waals surface area (Å²) in [6, 6.07) is 7.42. The summed E-state index contributed by atoms with van der Waals surface area (Å²) in [7, 11) is 0. The Balaban J connectivity index is 1.70. The molecule has 0 nitrogen and oxygen atoms in total. The van der Waals surface area contributed by atoms with Gasteiger partial charge in [-0.3, -0.25) is 0 Å². The average molecular weight is 408 g/mol. The van der Waals surface area contributed by atoms with Crippen LogP contribution in [0.2, 0.25) is 0 Å². The van der Waals surface area contributed by atoms with Crippen LogP contribution in [0.25, 0.3) is 12.2 Å². The third-order valence-corrected chi connectivity index (χ3v) is 5.92. The molecule has 29 heavy (non-hydrogen) atoms. The fourth-order valence-corrected chi connectivity index (χ4v) is 4.41. The monoisotopic (exact) mass is 408 g/mol. The van der Waals surface area contributed by atoms with Gasteiger partial charge in [0.25, 0.3) is 0 Å². The molecule has 0 spiro atoms. The van der Waals surface area contributed by atoms with E-state index >= 15 is 0 Å². The maximum Gasteiger partial charge on any atom is 0.416 e. The quantitative estimate of drug-likeness (QED) is 0.445. The minimum absolute atomic E-state index is 0.263. The Kier molecular flexibility index (Phi) is 4.44. The van der Waals surface area contributed by atoms with Crippen LogP contribution in [0.5, 0.6) is 0 Å². The molecule has 0 radical (unpaired) electrons. The Morgan fingerprint density at radius 3 is 1.38 bits per heavy atom. The summed E-state index contributed by atoms with van der Waals surface area (Å²) in [5.41, 5.74) is 3.09. The summed E-state index contributed by atoms with van der Waals surface area (Å²) in [5.74, 6) is -0.526. The average Bonchev–Trinajstić information content (AvgIpc) is 3.09. The summed E-state index contributed by atoms with van der Waals surface area (Å²) >= 11 is 0. The molecule has 2 aliphatic carbocycles. The van der Waals surface area contributed by atoms with E-state index in [1.807, 2.05) is 26.0 Å². The standard InChI is InChI=1S/C23H18F6/c1-12-7-14-3-5-16(22(24,25)26)9-20(14)18(12)11-19-13(2)8-15-4-6-17(10-21(15)19)23(27,28)29/h3-10,18-19H,11H2,1-2H3. The van der Waals surface area contributed by atoms with E-state index in [9.17, 15) is 26.3 Å². The largest absolute Gasteiger partial charge is 0.416 e. The molecule has 2 aromatic rings. The number of hydrogen-bond acceptors (Lipinski definition) is 0.